The minimum atomic E-state index is -0.737. The van der Waals surface area contributed by atoms with E-state index < -0.39 is 18.2 Å². The summed E-state index contributed by atoms with van der Waals surface area (Å²) in [4.78, 5) is 36.2. The maximum absolute atomic E-state index is 12.5. The Morgan fingerprint density at radius 1 is 1.15 bits per heavy atom. The molecule has 0 saturated carbocycles. The number of carbonyl (C=O) groups excluding carboxylic acids is 3. The van der Waals surface area contributed by atoms with Crippen molar-refractivity contribution in [1.82, 2.24) is 10.6 Å². The summed E-state index contributed by atoms with van der Waals surface area (Å²) >= 11 is 0. The van der Waals surface area contributed by atoms with Crippen molar-refractivity contribution in [3.8, 4) is 0 Å². The zero-order valence-corrected chi connectivity index (χ0v) is 16.4. The van der Waals surface area contributed by atoms with Crippen molar-refractivity contribution in [3.63, 3.8) is 0 Å². The molecule has 1 unspecified atom stereocenters. The van der Waals surface area contributed by atoms with E-state index in [0.717, 1.165) is 5.56 Å². The fraction of sp³-hybridized carbons (Fsp3) is 0.550. The topological polar surface area (TPSA) is 111 Å². The molecule has 150 valence electrons. The molecular weight excluding hydrogens is 346 g/mol. The normalized spacial score (nSPS) is 12.9. The number of hydrogen-bond donors (Lipinski definition) is 3. The number of likely N-dealkylation sites (N-methyl/N-ethyl adjacent to an activating group) is 1. The number of nitrogens with one attached hydrogen (secondary N) is 2. The van der Waals surface area contributed by atoms with E-state index in [1.807, 2.05) is 44.2 Å². The largest absolute Gasteiger partial charge is 0.445 e. The van der Waals surface area contributed by atoms with Gasteiger partial charge < -0.3 is 21.1 Å². The Labute approximate surface area is 161 Å². The fourth-order valence-corrected chi connectivity index (χ4v) is 2.56. The van der Waals surface area contributed by atoms with Gasteiger partial charge in [-0.15, -0.1) is 0 Å². The summed E-state index contributed by atoms with van der Waals surface area (Å²) in [5.41, 5.74) is 6.66. The Bertz CT molecular complexity index is 605. The summed E-state index contributed by atoms with van der Waals surface area (Å²) in [6, 6.07) is 7.92. The van der Waals surface area contributed by atoms with Gasteiger partial charge in [0.05, 0.1) is 12.1 Å². The molecule has 0 fully saturated rings. The lowest BCUT2D eigenvalue weighted by Gasteiger charge is -2.20. The highest BCUT2D eigenvalue weighted by Crippen LogP contribution is 2.10. The third-order valence-corrected chi connectivity index (χ3v) is 3.99. The standard InChI is InChI=1S/C20H31N3O4/c1-4-22-19(25)16(21)10-11-18(24)17(12-14(2)3)23-20(26)27-13-15-8-6-5-7-9-15/h5-9,14,16-17H,4,10-13,21H2,1-3H3,(H,22,25)(H,23,26)/t16?,17-/m1/s1. The van der Waals surface area contributed by atoms with Crippen LogP contribution in [0.15, 0.2) is 30.3 Å². The highest BCUT2D eigenvalue weighted by molar-refractivity contribution is 5.88. The first-order valence-corrected chi connectivity index (χ1v) is 9.36. The molecule has 0 aliphatic heterocycles. The summed E-state index contributed by atoms with van der Waals surface area (Å²) in [6.45, 7) is 6.37. The molecule has 0 aliphatic rings. The number of ketones is 1. The second kappa shape index (κ2) is 12.1. The summed E-state index contributed by atoms with van der Waals surface area (Å²) in [5, 5.41) is 5.27. The van der Waals surface area contributed by atoms with Crippen LogP contribution in [0.25, 0.3) is 0 Å². The maximum atomic E-state index is 12.5. The smallest absolute Gasteiger partial charge is 0.408 e. The van der Waals surface area contributed by atoms with Crippen molar-refractivity contribution in [3.05, 3.63) is 35.9 Å². The van der Waals surface area contributed by atoms with E-state index in [2.05, 4.69) is 10.6 Å². The molecule has 0 bridgehead atoms. The minimum Gasteiger partial charge on any atom is -0.445 e. The number of amides is 2. The van der Waals surface area contributed by atoms with E-state index in [4.69, 9.17) is 10.5 Å². The third-order valence-electron chi connectivity index (χ3n) is 3.99. The SMILES string of the molecule is CCNC(=O)C(N)CCC(=O)[C@@H](CC(C)C)NC(=O)OCc1ccccc1. The molecular formula is C20H31N3O4. The van der Waals surface area contributed by atoms with Crippen LogP contribution in [-0.4, -0.2) is 36.4 Å². The number of Topliss-reactive ketones (excluding diaryl/α,β-unsaturated/α-hetero) is 1. The first-order chi connectivity index (χ1) is 12.8. The summed E-state index contributed by atoms with van der Waals surface area (Å²) in [6.07, 6.45) is 0.218. The fourth-order valence-electron chi connectivity index (χ4n) is 2.56. The van der Waals surface area contributed by atoms with Gasteiger partial charge in [0, 0.05) is 13.0 Å². The third kappa shape index (κ3) is 9.19. The van der Waals surface area contributed by atoms with Crippen LogP contribution in [0, 0.1) is 5.92 Å². The van der Waals surface area contributed by atoms with Gasteiger partial charge in [0.1, 0.15) is 6.61 Å². The predicted molar refractivity (Wildman–Crippen MR) is 104 cm³/mol. The van der Waals surface area contributed by atoms with Crippen LogP contribution < -0.4 is 16.4 Å². The lowest BCUT2D eigenvalue weighted by Crippen LogP contribution is -2.44. The number of alkyl carbamates (subject to hydrolysis) is 1. The van der Waals surface area contributed by atoms with Gasteiger partial charge in [-0.25, -0.2) is 4.79 Å². The second-order valence-corrected chi connectivity index (χ2v) is 6.89. The average molecular weight is 377 g/mol. The molecule has 4 N–H and O–H groups in total. The lowest BCUT2D eigenvalue weighted by atomic mass is 9.96. The number of benzene rings is 1. The van der Waals surface area contributed by atoms with Crippen molar-refractivity contribution in [2.45, 2.75) is 58.7 Å². The minimum absolute atomic E-state index is 0.120. The van der Waals surface area contributed by atoms with Crippen molar-refractivity contribution in [2.75, 3.05) is 6.54 Å². The second-order valence-electron chi connectivity index (χ2n) is 6.89. The number of rotatable bonds is 11. The molecule has 7 heteroatoms. The van der Waals surface area contributed by atoms with Crippen LogP contribution in [0.2, 0.25) is 0 Å². The Kier molecular flexibility index (Phi) is 10.1. The van der Waals surface area contributed by atoms with Gasteiger partial charge in [-0.3, -0.25) is 9.59 Å². The van der Waals surface area contributed by atoms with Gasteiger partial charge >= 0.3 is 6.09 Å². The number of ether oxygens (including phenoxy) is 1. The highest BCUT2D eigenvalue weighted by Gasteiger charge is 2.24. The van der Waals surface area contributed by atoms with Crippen molar-refractivity contribution in [2.24, 2.45) is 11.7 Å². The van der Waals surface area contributed by atoms with Gasteiger partial charge in [0.25, 0.3) is 0 Å². The van der Waals surface area contributed by atoms with Gasteiger partial charge in [-0.05, 0) is 31.2 Å². The Balaban J connectivity index is 2.53. The monoisotopic (exact) mass is 377 g/mol. The van der Waals surface area contributed by atoms with Crippen LogP contribution in [0.4, 0.5) is 4.79 Å². The zero-order valence-electron chi connectivity index (χ0n) is 16.4. The average Bonchev–Trinajstić information content (AvgIpc) is 2.64. The molecule has 0 aromatic heterocycles. The quantitative estimate of drug-likeness (QED) is 0.547. The maximum Gasteiger partial charge on any atom is 0.408 e. The van der Waals surface area contributed by atoms with Crippen LogP contribution in [0.5, 0.6) is 0 Å². The Hall–Kier alpha value is -2.41. The van der Waals surface area contributed by atoms with Crippen molar-refractivity contribution >= 4 is 17.8 Å². The molecule has 2 atom stereocenters. The van der Waals surface area contributed by atoms with E-state index in [0.29, 0.717) is 13.0 Å². The molecule has 0 saturated heterocycles. The zero-order chi connectivity index (χ0) is 20.2. The van der Waals surface area contributed by atoms with Crippen molar-refractivity contribution < 1.29 is 19.1 Å². The summed E-state index contributed by atoms with van der Waals surface area (Å²) in [7, 11) is 0. The number of hydrogen-bond acceptors (Lipinski definition) is 5. The number of carbonyl (C=O) groups is 3. The van der Waals surface area contributed by atoms with Crippen LogP contribution in [-0.2, 0) is 20.9 Å². The van der Waals surface area contributed by atoms with E-state index in [1.165, 1.54) is 0 Å². The molecule has 2 amide bonds. The van der Waals surface area contributed by atoms with Gasteiger partial charge in [-0.1, -0.05) is 44.2 Å². The van der Waals surface area contributed by atoms with Crippen LogP contribution >= 0.6 is 0 Å². The van der Waals surface area contributed by atoms with E-state index in [1.54, 1.807) is 6.92 Å². The Morgan fingerprint density at radius 2 is 1.81 bits per heavy atom. The molecule has 0 heterocycles. The molecule has 1 aromatic carbocycles. The van der Waals surface area contributed by atoms with E-state index in [9.17, 15) is 14.4 Å². The Morgan fingerprint density at radius 3 is 2.41 bits per heavy atom. The molecule has 7 nitrogen and oxygen atoms in total. The van der Waals surface area contributed by atoms with Gasteiger partial charge in [-0.2, -0.15) is 0 Å². The van der Waals surface area contributed by atoms with Crippen LogP contribution in [0.1, 0.15) is 45.6 Å². The summed E-state index contributed by atoms with van der Waals surface area (Å²) in [5.74, 6) is -0.216. The van der Waals surface area contributed by atoms with Crippen LogP contribution in [0.3, 0.4) is 0 Å². The van der Waals surface area contributed by atoms with Gasteiger partial charge in [0.15, 0.2) is 5.78 Å². The molecule has 0 spiro atoms. The molecule has 0 radical (unpaired) electrons. The molecule has 0 aliphatic carbocycles. The summed E-state index contributed by atoms with van der Waals surface area (Å²) < 4.78 is 5.19. The molecule has 1 aromatic rings. The van der Waals surface area contributed by atoms with Crippen molar-refractivity contribution in [1.29, 1.82) is 0 Å². The highest BCUT2D eigenvalue weighted by atomic mass is 16.5. The van der Waals surface area contributed by atoms with E-state index in [-0.39, 0.29) is 37.1 Å². The van der Waals surface area contributed by atoms with E-state index >= 15 is 0 Å². The molecule has 1 rings (SSSR count). The van der Waals surface area contributed by atoms with Gasteiger partial charge in [0.2, 0.25) is 5.91 Å². The number of nitrogens with two attached hydrogens (primary N) is 1. The lowest BCUT2D eigenvalue weighted by molar-refractivity contribution is -0.123. The first kappa shape index (κ1) is 22.6. The first-order valence-electron chi connectivity index (χ1n) is 9.36. The predicted octanol–water partition coefficient (Wildman–Crippen LogP) is 2.14. The molecule has 27 heavy (non-hydrogen) atoms.